The number of rotatable bonds is 7. The van der Waals surface area contributed by atoms with Gasteiger partial charge in [0.25, 0.3) is 5.91 Å². The minimum absolute atomic E-state index is 0.00870. The predicted octanol–water partition coefficient (Wildman–Crippen LogP) is 3.24. The Bertz CT molecular complexity index is 1290. The summed E-state index contributed by atoms with van der Waals surface area (Å²) in [4.78, 5) is 28.2. The van der Waals surface area contributed by atoms with E-state index in [4.69, 9.17) is 4.74 Å². The molecule has 1 aliphatic heterocycles. The highest BCUT2D eigenvalue weighted by atomic mass is 32.1. The molecule has 5 rings (SSSR count). The van der Waals surface area contributed by atoms with Gasteiger partial charge in [-0.25, -0.2) is 4.39 Å². The molecule has 2 aromatic heterocycles. The lowest BCUT2D eigenvalue weighted by Gasteiger charge is -2.41. The van der Waals surface area contributed by atoms with E-state index in [-0.39, 0.29) is 35.1 Å². The second-order valence-corrected chi connectivity index (χ2v) is 10.0. The zero-order chi connectivity index (χ0) is 24.0. The summed E-state index contributed by atoms with van der Waals surface area (Å²) in [6.07, 6.45) is 4.20. The predicted molar refractivity (Wildman–Crippen MR) is 125 cm³/mol. The summed E-state index contributed by atoms with van der Waals surface area (Å²) in [5.41, 5.74) is 0.386. The number of methoxy groups -OCH3 is 1. The van der Waals surface area contributed by atoms with Gasteiger partial charge >= 0.3 is 0 Å². The van der Waals surface area contributed by atoms with Crippen LogP contribution < -0.4 is 5.43 Å². The molecule has 3 heterocycles. The van der Waals surface area contributed by atoms with Crippen molar-refractivity contribution in [1.29, 1.82) is 0 Å². The van der Waals surface area contributed by atoms with Gasteiger partial charge in [0.05, 0.1) is 24.3 Å². The van der Waals surface area contributed by atoms with Gasteiger partial charge in [-0.05, 0) is 43.4 Å². The van der Waals surface area contributed by atoms with Gasteiger partial charge < -0.3 is 19.3 Å². The number of ether oxygens (including phenoxy) is 1. The van der Waals surface area contributed by atoms with Crippen molar-refractivity contribution in [2.75, 3.05) is 20.3 Å². The topological polar surface area (TPSA) is 97.6 Å². The molecule has 0 bridgehead atoms. The Labute approximate surface area is 199 Å². The summed E-state index contributed by atoms with van der Waals surface area (Å²) in [5, 5.41) is 20.2. The van der Waals surface area contributed by atoms with Gasteiger partial charge in [-0.2, -0.15) is 0 Å². The van der Waals surface area contributed by atoms with Crippen molar-refractivity contribution in [1.82, 2.24) is 19.7 Å². The molecule has 1 saturated carbocycles. The van der Waals surface area contributed by atoms with Gasteiger partial charge in [0.2, 0.25) is 5.43 Å². The number of nitrogens with zero attached hydrogens (tertiary/aromatic N) is 4. The van der Waals surface area contributed by atoms with Gasteiger partial charge in [0.15, 0.2) is 16.5 Å². The first-order chi connectivity index (χ1) is 16.4. The summed E-state index contributed by atoms with van der Waals surface area (Å²) in [5.74, 6) is -0.770. The van der Waals surface area contributed by atoms with Crippen molar-refractivity contribution < 1.29 is 19.0 Å². The summed E-state index contributed by atoms with van der Waals surface area (Å²) in [6.45, 7) is 2.89. The normalized spacial score (nSPS) is 20.0. The van der Waals surface area contributed by atoms with Crippen molar-refractivity contribution in [3.8, 4) is 16.3 Å². The second kappa shape index (κ2) is 8.92. The average Bonchev–Trinajstić information content (AvgIpc) is 3.53. The molecule has 0 spiro atoms. The second-order valence-electron chi connectivity index (χ2n) is 8.94. The molecular weight excluding hydrogens is 459 g/mol. The van der Waals surface area contributed by atoms with E-state index in [1.54, 1.807) is 34.9 Å². The number of fused-ring (bicyclic) bond motifs is 1. The number of pyridine rings is 1. The van der Waals surface area contributed by atoms with Crippen molar-refractivity contribution in [3.63, 3.8) is 0 Å². The Morgan fingerprint density at radius 3 is 2.62 bits per heavy atom. The number of aromatic nitrogens is 3. The van der Waals surface area contributed by atoms with Gasteiger partial charge in [0, 0.05) is 26.3 Å². The molecule has 8 nitrogen and oxygen atoms in total. The molecule has 10 heteroatoms. The SMILES string of the molecule is COC[C@H]1[C@@H](C)N(CC2CC2)C(=O)c2c(O)c(=O)c(-c3nnc(Cc4ccc(F)cc4)s3)cn21. The Morgan fingerprint density at radius 1 is 1.21 bits per heavy atom. The number of amides is 1. The molecule has 1 aliphatic carbocycles. The number of aromatic hydroxyl groups is 1. The average molecular weight is 485 g/mol. The third-order valence-corrected chi connectivity index (χ3v) is 7.49. The Hall–Kier alpha value is -3.11. The van der Waals surface area contributed by atoms with Crippen LogP contribution in [-0.4, -0.2) is 57.0 Å². The van der Waals surface area contributed by atoms with Gasteiger partial charge in [-0.15, -0.1) is 10.2 Å². The minimum atomic E-state index is -0.652. The molecule has 0 radical (unpaired) electrons. The molecule has 1 aromatic carbocycles. The van der Waals surface area contributed by atoms with Crippen LogP contribution in [0.1, 0.15) is 46.9 Å². The Kier molecular flexibility index (Phi) is 5.95. The maximum Gasteiger partial charge on any atom is 0.274 e. The number of hydrogen-bond donors (Lipinski definition) is 1. The smallest absolute Gasteiger partial charge is 0.274 e. The number of carbonyl (C=O) groups is 1. The highest BCUT2D eigenvalue weighted by Crippen LogP contribution is 2.37. The first kappa shape index (κ1) is 22.7. The lowest BCUT2D eigenvalue weighted by Crippen LogP contribution is -2.52. The molecule has 1 amide bonds. The fourth-order valence-electron chi connectivity index (χ4n) is 4.44. The summed E-state index contributed by atoms with van der Waals surface area (Å²) >= 11 is 1.22. The van der Waals surface area contributed by atoms with E-state index in [1.165, 1.54) is 23.5 Å². The highest BCUT2D eigenvalue weighted by Gasteiger charge is 2.41. The van der Waals surface area contributed by atoms with Crippen molar-refractivity contribution in [2.24, 2.45) is 5.92 Å². The van der Waals surface area contributed by atoms with Gasteiger partial charge in [0.1, 0.15) is 10.8 Å². The zero-order valence-corrected chi connectivity index (χ0v) is 19.7. The molecule has 2 aliphatic rings. The van der Waals surface area contributed by atoms with Crippen LogP contribution in [0.5, 0.6) is 5.75 Å². The summed E-state index contributed by atoms with van der Waals surface area (Å²) in [6, 6.07) is 5.67. The van der Waals surface area contributed by atoms with E-state index in [0.29, 0.717) is 35.5 Å². The summed E-state index contributed by atoms with van der Waals surface area (Å²) < 4.78 is 20.3. The molecular formula is C24H25FN4O4S. The van der Waals surface area contributed by atoms with Crippen LogP contribution >= 0.6 is 11.3 Å². The van der Waals surface area contributed by atoms with Crippen LogP contribution in [0.2, 0.25) is 0 Å². The number of halogens is 1. The number of benzene rings is 1. The van der Waals surface area contributed by atoms with Crippen LogP contribution in [0.15, 0.2) is 35.3 Å². The highest BCUT2D eigenvalue weighted by molar-refractivity contribution is 7.14. The fourth-order valence-corrected chi connectivity index (χ4v) is 5.32. The third kappa shape index (κ3) is 4.12. The molecule has 3 aromatic rings. The van der Waals surface area contributed by atoms with E-state index < -0.39 is 11.2 Å². The van der Waals surface area contributed by atoms with Gasteiger partial charge in [-0.3, -0.25) is 9.59 Å². The third-order valence-electron chi connectivity index (χ3n) is 6.53. The fraction of sp³-hybridized carbons (Fsp3) is 0.417. The van der Waals surface area contributed by atoms with Gasteiger partial charge in [-0.1, -0.05) is 23.5 Å². The minimum Gasteiger partial charge on any atom is -0.503 e. The first-order valence-corrected chi connectivity index (χ1v) is 12.0. The van der Waals surface area contributed by atoms with Crippen LogP contribution in [0.4, 0.5) is 4.39 Å². The Morgan fingerprint density at radius 2 is 1.94 bits per heavy atom. The molecule has 2 atom stereocenters. The zero-order valence-electron chi connectivity index (χ0n) is 18.9. The standard InChI is InChI=1S/C24H25FN4O4S/c1-13-18(12-33-2)29-11-17(21(30)22(31)20(29)24(32)28(13)10-15-3-4-15)23-27-26-19(34-23)9-14-5-7-16(25)8-6-14/h5-8,11,13,15,18,31H,3-4,9-10,12H2,1-2H3/t13-,18+/m1/s1. The van der Waals surface area contributed by atoms with Crippen molar-refractivity contribution >= 4 is 17.2 Å². The molecule has 178 valence electrons. The van der Waals surface area contributed by atoms with Crippen LogP contribution in [0, 0.1) is 11.7 Å². The van der Waals surface area contributed by atoms with Crippen LogP contribution in [0.25, 0.3) is 10.6 Å². The molecule has 1 fully saturated rings. The van der Waals surface area contributed by atoms with Crippen LogP contribution in [-0.2, 0) is 11.2 Å². The maximum absolute atomic E-state index is 13.3. The van der Waals surface area contributed by atoms with E-state index in [2.05, 4.69) is 10.2 Å². The van der Waals surface area contributed by atoms with E-state index in [1.807, 2.05) is 6.92 Å². The number of carbonyl (C=O) groups excluding carboxylic acids is 1. The molecule has 0 saturated heterocycles. The van der Waals surface area contributed by atoms with Crippen molar-refractivity contribution in [2.45, 2.75) is 38.3 Å². The summed E-state index contributed by atoms with van der Waals surface area (Å²) in [7, 11) is 1.59. The lowest BCUT2D eigenvalue weighted by molar-refractivity contribution is 0.0390. The lowest BCUT2D eigenvalue weighted by atomic mass is 10.0. The monoisotopic (exact) mass is 484 g/mol. The molecule has 1 N–H and O–H groups in total. The van der Waals surface area contributed by atoms with E-state index in [0.717, 1.165) is 18.4 Å². The maximum atomic E-state index is 13.3. The quantitative estimate of drug-likeness (QED) is 0.553. The first-order valence-electron chi connectivity index (χ1n) is 11.2. The molecule has 34 heavy (non-hydrogen) atoms. The van der Waals surface area contributed by atoms with E-state index in [9.17, 15) is 19.1 Å². The van der Waals surface area contributed by atoms with Crippen molar-refractivity contribution in [3.05, 3.63) is 62.8 Å². The Balaban J connectivity index is 1.53. The largest absolute Gasteiger partial charge is 0.503 e. The van der Waals surface area contributed by atoms with E-state index >= 15 is 0 Å². The van der Waals surface area contributed by atoms with Crippen LogP contribution in [0.3, 0.4) is 0 Å². The number of hydrogen-bond acceptors (Lipinski definition) is 7. The molecule has 0 unspecified atom stereocenters.